The first-order valence-electron chi connectivity index (χ1n) is 12.2. The third-order valence-corrected chi connectivity index (χ3v) is 7.19. The van der Waals surface area contributed by atoms with Crippen LogP contribution >= 0.6 is 12.4 Å². The molecule has 3 rings (SSSR count). The summed E-state index contributed by atoms with van der Waals surface area (Å²) < 4.78 is 34.8. The van der Waals surface area contributed by atoms with Crippen LogP contribution in [0.1, 0.15) is 40.1 Å². The number of nitrogens with two attached hydrogens (primary N) is 1. The van der Waals surface area contributed by atoms with Gasteiger partial charge in [-0.05, 0) is 73.4 Å². The van der Waals surface area contributed by atoms with E-state index < -0.39 is 21.7 Å². The molecular formula is C28H35ClN2O7S. The van der Waals surface area contributed by atoms with Crippen LogP contribution < -0.4 is 15.8 Å². The van der Waals surface area contributed by atoms with Gasteiger partial charge in [0.05, 0.1) is 24.0 Å². The summed E-state index contributed by atoms with van der Waals surface area (Å²) in [7, 11) is -3.76. The second-order valence-electron chi connectivity index (χ2n) is 8.99. The van der Waals surface area contributed by atoms with E-state index in [0.717, 1.165) is 28.5 Å². The van der Waals surface area contributed by atoms with Gasteiger partial charge in [-0.2, -0.15) is 0 Å². The van der Waals surface area contributed by atoms with Crippen molar-refractivity contribution >= 4 is 33.9 Å². The van der Waals surface area contributed by atoms with Crippen LogP contribution in [0.4, 0.5) is 5.69 Å². The van der Waals surface area contributed by atoms with Crippen molar-refractivity contribution in [3.8, 4) is 22.6 Å². The lowest BCUT2D eigenvalue weighted by Crippen LogP contribution is -2.26. The van der Waals surface area contributed by atoms with E-state index in [4.69, 9.17) is 15.2 Å². The third kappa shape index (κ3) is 7.86. The molecule has 212 valence electrons. The summed E-state index contributed by atoms with van der Waals surface area (Å²) in [5.74, 6) is -0.0926. The average molecular weight is 579 g/mol. The Morgan fingerprint density at radius 1 is 1.08 bits per heavy atom. The number of aryl methyl sites for hydroxylation is 2. The number of esters is 1. The average Bonchev–Trinajstić information content (AvgIpc) is 2.83. The SMILES string of the molecule is CCOC(=O)c1ccc(-c2c(C)cc(OCCNC[C@H](O)c3ccc(O)c(S(C)(=O)=O)c3N)cc2C)cc1.Cl. The second kappa shape index (κ2) is 13.7. The van der Waals surface area contributed by atoms with Gasteiger partial charge in [-0.15, -0.1) is 12.4 Å². The molecule has 0 saturated carbocycles. The molecule has 0 aliphatic heterocycles. The predicted octanol–water partition coefficient (Wildman–Crippen LogP) is 3.96. The monoisotopic (exact) mass is 578 g/mol. The first-order chi connectivity index (χ1) is 17.9. The number of ether oxygens (including phenoxy) is 2. The highest BCUT2D eigenvalue weighted by Crippen LogP contribution is 2.34. The number of phenolic OH excluding ortho intramolecular Hbond substituents is 1. The Morgan fingerprint density at radius 2 is 1.69 bits per heavy atom. The van der Waals surface area contributed by atoms with Crippen molar-refractivity contribution in [3.05, 3.63) is 70.8 Å². The van der Waals surface area contributed by atoms with Crippen LogP contribution in [0.3, 0.4) is 0 Å². The minimum Gasteiger partial charge on any atom is -0.507 e. The minimum absolute atomic E-state index is 0. The smallest absolute Gasteiger partial charge is 0.338 e. The van der Waals surface area contributed by atoms with Crippen molar-refractivity contribution in [2.75, 3.05) is 38.3 Å². The van der Waals surface area contributed by atoms with Crippen LogP contribution in [-0.2, 0) is 14.6 Å². The van der Waals surface area contributed by atoms with Crippen LogP contribution in [0.15, 0.2) is 53.4 Å². The first-order valence-corrected chi connectivity index (χ1v) is 14.0. The Morgan fingerprint density at radius 3 is 2.26 bits per heavy atom. The zero-order valence-electron chi connectivity index (χ0n) is 22.4. The Labute approximate surface area is 235 Å². The van der Waals surface area contributed by atoms with Crippen LogP contribution in [-0.4, -0.2) is 57.2 Å². The highest BCUT2D eigenvalue weighted by Gasteiger charge is 2.22. The van der Waals surface area contributed by atoms with Gasteiger partial charge >= 0.3 is 5.97 Å². The van der Waals surface area contributed by atoms with Crippen molar-refractivity contribution in [3.63, 3.8) is 0 Å². The number of hydrogen-bond acceptors (Lipinski definition) is 9. The van der Waals surface area contributed by atoms with E-state index in [-0.39, 0.29) is 41.1 Å². The molecule has 5 N–H and O–H groups in total. The molecule has 0 spiro atoms. The van der Waals surface area contributed by atoms with Crippen molar-refractivity contribution < 1.29 is 32.9 Å². The fourth-order valence-corrected chi connectivity index (χ4v) is 5.29. The number of rotatable bonds is 11. The van der Waals surface area contributed by atoms with E-state index in [1.807, 2.05) is 38.1 Å². The highest BCUT2D eigenvalue weighted by molar-refractivity contribution is 7.91. The van der Waals surface area contributed by atoms with Crippen molar-refractivity contribution in [2.45, 2.75) is 31.8 Å². The van der Waals surface area contributed by atoms with Crippen LogP contribution in [0.5, 0.6) is 11.5 Å². The second-order valence-corrected chi connectivity index (χ2v) is 10.9. The summed E-state index contributed by atoms with van der Waals surface area (Å²) in [6, 6.07) is 13.8. The molecular weight excluding hydrogens is 544 g/mol. The van der Waals surface area contributed by atoms with E-state index in [1.165, 1.54) is 12.1 Å². The van der Waals surface area contributed by atoms with E-state index in [0.29, 0.717) is 31.1 Å². The number of hydrogen-bond donors (Lipinski definition) is 4. The topological polar surface area (TPSA) is 148 Å². The lowest BCUT2D eigenvalue weighted by Gasteiger charge is -2.17. The maximum atomic E-state index is 11.9. The molecule has 0 unspecified atom stereocenters. The molecule has 0 heterocycles. The van der Waals surface area contributed by atoms with Gasteiger partial charge < -0.3 is 30.7 Å². The van der Waals surface area contributed by atoms with Crippen molar-refractivity contribution in [1.82, 2.24) is 5.32 Å². The predicted molar refractivity (Wildman–Crippen MR) is 154 cm³/mol. The number of nitrogen functional groups attached to an aromatic ring is 1. The lowest BCUT2D eigenvalue weighted by atomic mass is 9.95. The number of aromatic hydroxyl groups is 1. The fraction of sp³-hybridized carbons (Fsp3) is 0.321. The highest BCUT2D eigenvalue weighted by atomic mass is 35.5. The zero-order valence-corrected chi connectivity index (χ0v) is 24.0. The molecule has 0 amide bonds. The van der Waals surface area contributed by atoms with Crippen molar-refractivity contribution in [2.24, 2.45) is 0 Å². The van der Waals surface area contributed by atoms with Gasteiger partial charge in [0.1, 0.15) is 23.0 Å². The number of nitrogens with one attached hydrogen (secondary N) is 1. The number of halogens is 1. The molecule has 1 atom stereocenters. The van der Waals surface area contributed by atoms with E-state index >= 15 is 0 Å². The number of carbonyl (C=O) groups is 1. The summed E-state index contributed by atoms with van der Waals surface area (Å²) in [6.07, 6.45) is -0.128. The maximum Gasteiger partial charge on any atom is 0.338 e. The van der Waals surface area contributed by atoms with Gasteiger partial charge in [-0.25, -0.2) is 13.2 Å². The summed E-state index contributed by atoms with van der Waals surface area (Å²) in [5, 5.41) is 23.4. The van der Waals surface area contributed by atoms with Gasteiger partial charge in [0.15, 0.2) is 9.84 Å². The lowest BCUT2D eigenvalue weighted by molar-refractivity contribution is 0.0526. The Balaban J connectivity index is 0.00000533. The number of aliphatic hydroxyl groups is 1. The minimum atomic E-state index is -3.76. The number of anilines is 1. The standard InChI is InChI=1S/C28H34N2O7S.ClH/c1-5-36-28(33)20-8-6-19(7-9-20)25-17(2)14-21(15-18(25)3)37-13-12-30-16-24(32)22-10-11-23(31)27(26(22)29)38(4,34)35;/h6-11,14-15,24,30-32H,5,12-13,16,29H2,1-4H3;1H/t24-;/m0./s1. The molecule has 9 nitrogen and oxygen atoms in total. The summed E-state index contributed by atoms with van der Waals surface area (Å²) in [5.41, 5.74) is 10.6. The third-order valence-electron chi connectivity index (χ3n) is 6.01. The summed E-state index contributed by atoms with van der Waals surface area (Å²) in [4.78, 5) is 11.5. The van der Waals surface area contributed by atoms with E-state index in [1.54, 1.807) is 19.1 Å². The zero-order chi connectivity index (χ0) is 28.0. The van der Waals surface area contributed by atoms with Gasteiger partial charge in [0, 0.05) is 24.9 Å². The number of carbonyl (C=O) groups excluding carboxylic acids is 1. The Hall–Kier alpha value is -3.31. The van der Waals surface area contributed by atoms with Gasteiger partial charge in [0.25, 0.3) is 0 Å². The normalized spacial score (nSPS) is 11.9. The quantitative estimate of drug-likeness (QED) is 0.151. The molecule has 3 aromatic rings. The van der Waals surface area contributed by atoms with Crippen LogP contribution in [0.25, 0.3) is 11.1 Å². The number of phenols is 1. The van der Waals surface area contributed by atoms with E-state index in [2.05, 4.69) is 5.32 Å². The van der Waals surface area contributed by atoms with Crippen molar-refractivity contribution in [1.29, 1.82) is 0 Å². The van der Waals surface area contributed by atoms with Gasteiger partial charge in [0.2, 0.25) is 0 Å². The molecule has 0 saturated heterocycles. The molecule has 0 aliphatic rings. The number of aliphatic hydroxyl groups excluding tert-OH is 1. The number of benzene rings is 3. The van der Waals surface area contributed by atoms with Gasteiger partial charge in [-0.3, -0.25) is 0 Å². The largest absolute Gasteiger partial charge is 0.507 e. The van der Waals surface area contributed by atoms with E-state index in [9.17, 15) is 23.4 Å². The molecule has 0 radical (unpaired) electrons. The maximum absolute atomic E-state index is 11.9. The van der Waals surface area contributed by atoms with Gasteiger partial charge in [-0.1, -0.05) is 18.2 Å². The summed E-state index contributed by atoms with van der Waals surface area (Å²) >= 11 is 0. The number of sulfone groups is 1. The molecule has 0 aromatic heterocycles. The Bertz CT molecular complexity index is 1390. The fourth-order valence-electron chi connectivity index (χ4n) is 4.32. The molecule has 0 bridgehead atoms. The molecule has 39 heavy (non-hydrogen) atoms. The van der Waals surface area contributed by atoms with Crippen LogP contribution in [0, 0.1) is 13.8 Å². The summed E-state index contributed by atoms with van der Waals surface area (Å²) in [6.45, 7) is 6.96. The molecule has 0 fully saturated rings. The van der Waals surface area contributed by atoms with Crippen LogP contribution in [0.2, 0.25) is 0 Å². The Kier molecular flexibility index (Phi) is 11.2. The molecule has 3 aromatic carbocycles. The molecule has 0 aliphatic carbocycles. The first kappa shape index (κ1) is 31.9. The molecule has 11 heteroatoms.